The zero-order valence-electron chi connectivity index (χ0n) is 11.1. The highest BCUT2D eigenvalue weighted by Gasteiger charge is 2.30. The summed E-state index contributed by atoms with van der Waals surface area (Å²) in [7, 11) is 0. The van der Waals surface area contributed by atoms with Crippen molar-refractivity contribution in [2.75, 3.05) is 0 Å². The molecule has 0 bridgehead atoms. The molecule has 112 valence electrons. The minimum atomic E-state index is -4.42. The van der Waals surface area contributed by atoms with Crippen molar-refractivity contribution in [1.82, 2.24) is 4.98 Å². The second kappa shape index (κ2) is 4.91. The fourth-order valence-corrected chi connectivity index (χ4v) is 2.43. The summed E-state index contributed by atoms with van der Waals surface area (Å²) < 4.78 is 37.9. The van der Waals surface area contributed by atoms with Gasteiger partial charge in [0.2, 0.25) is 0 Å². The predicted molar refractivity (Wildman–Crippen MR) is 75.7 cm³/mol. The van der Waals surface area contributed by atoms with Crippen molar-refractivity contribution in [2.24, 2.45) is 0 Å². The van der Waals surface area contributed by atoms with Crippen molar-refractivity contribution < 1.29 is 23.1 Å². The number of aromatic nitrogens is 1. The number of aromatic carboxylic acids is 1. The molecule has 2 aromatic carbocycles. The number of carboxylic acid groups (broad SMARTS) is 1. The lowest BCUT2D eigenvalue weighted by molar-refractivity contribution is -0.137. The molecule has 6 heteroatoms. The molecule has 3 aromatic rings. The van der Waals surface area contributed by atoms with Gasteiger partial charge in [0.15, 0.2) is 0 Å². The second-order valence-corrected chi connectivity index (χ2v) is 4.80. The van der Waals surface area contributed by atoms with Gasteiger partial charge in [0.1, 0.15) is 5.69 Å². The molecular weight excluding hydrogens is 295 g/mol. The molecule has 2 N–H and O–H groups in total. The van der Waals surface area contributed by atoms with E-state index in [1.165, 1.54) is 12.1 Å². The van der Waals surface area contributed by atoms with Gasteiger partial charge in [-0.3, -0.25) is 0 Å². The smallest absolute Gasteiger partial charge is 0.416 e. The summed E-state index contributed by atoms with van der Waals surface area (Å²) in [6, 6.07) is 11.4. The molecule has 0 aliphatic rings. The molecule has 0 saturated heterocycles. The van der Waals surface area contributed by atoms with Crippen molar-refractivity contribution in [1.29, 1.82) is 0 Å². The second-order valence-electron chi connectivity index (χ2n) is 4.80. The van der Waals surface area contributed by atoms with Crippen LogP contribution in [0, 0.1) is 0 Å². The van der Waals surface area contributed by atoms with E-state index < -0.39 is 17.7 Å². The summed E-state index contributed by atoms with van der Waals surface area (Å²) in [4.78, 5) is 14.2. The van der Waals surface area contributed by atoms with Crippen LogP contribution in [0.5, 0.6) is 0 Å². The first-order valence-corrected chi connectivity index (χ1v) is 6.39. The number of rotatable bonds is 2. The number of hydrogen-bond acceptors (Lipinski definition) is 1. The fraction of sp³-hybridized carbons (Fsp3) is 0.0625. The number of carbonyl (C=O) groups is 1. The Morgan fingerprint density at radius 3 is 2.23 bits per heavy atom. The Balaban J connectivity index is 2.21. The molecule has 0 aliphatic carbocycles. The van der Waals surface area contributed by atoms with Crippen LogP contribution >= 0.6 is 0 Å². The van der Waals surface area contributed by atoms with Crippen molar-refractivity contribution in [2.45, 2.75) is 6.18 Å². The van der Waals surface area contributed by atoms with E-state index in [0.29, 0.717) is 22.0 Å². The number of hydrogen-bond donors (Lipinski definition) is 2. The lowest BCUT2D eigenvalue weighted by Crippen LogP contribution is -2.04. The molecule has 1 aromatic heterocycles. The number of para-hydroxylation sites is 1. The van der Waals surface area contributed by atoms with Crippen LogP contribution in [0.2, 0.25) is 0 Å². The van der Waals surface area contributed by atoms with E-state index in [-0.39, 0.29) is 5.69 Å². The van der Waals surface area contributed by atoms with Gasteiger partial charge in [-0.1, -0.05) is 30.3 Å². The Bertz CT molecular complexity index is 848. The monoisotopic (exact) mass is 305 g/mol. The Morgan fingerprint density at radius 2 is 1.64 bits per heavy atom. The predicted octanol–water partition coefficient (Wildman–Crippen LogP) is 4.55. The molecule has 1 heterocycles. The topological polar surface area (TPSA) is 53.1 Å². The maximum Gasteiger partial charge on any atom is 0.416 e. The van der Waals surface area contributed by atoms with E-state index >= 15 is 0 Å². The number of benzene rings is 2. The number of H-pyrrole nitrogens is 1. The normalized spacial score (nSPS) is 11.8. The Hall–Kier alpha value is -2.76. The molecule has 0 fully saturated rings. The minimum Gasteiger partial charge on any atom is -0.477 e. The van der Waals surface area contributed by atoms with E-state index in [4.69, 9.17) is 0 Å². The number of carboxylic acids is 1. The molecule has 3 nitrogen and oxygen atoms in total. The lowest BCUT2D eigenvalue weighted by atomic mass is 10.0. The first kappa shape index (κ1) is 14.2. The van der Waals surface area contributed by atoms with Gasteiger partial charge in [-0.25, -0.2) is 4.79 Å². The SMILES string of the molecule is O=C(O)c1[nH]c2ccccc2c1-c1ccc(C(F)(F)F)cc1. The first-order valence-electron chi connectivity index (χ1n) is 6.39. The number of aromatic amines is 1. The zero-order valence-corrected chi connectivity index (χ0v) is 11.1. The molecule has 3 rings (SSSR count). The van der Waals surface area contributed by atoms with Crippen molar-refractivity contribution in [3.8, 4) is 11.1 Å². The van der Waals surface area contributed by atoms with E-state index in [1.807, 2.05) is 0 Å². The van der Waals surface area contributed by atoms with E-state index in [9.17, 15) is 23.1 Å². The molecular formula is C16H10F3NO2. The van der Waals surface area contributed by atoms with Crippen molar-refractivity contribution >= 4 is 16.9 Å². The zero-order chi connectivity index (χ0) is 15.9. The van der Waals surface area contributed by atoms with Gasteiger partial charge < -0.3 is 10.1 Å². The standard InChI is InChI=1S/C16H10F3NO2/c17-16(18,19)10-7-5-9(6-8-10)13-11-3-1-2-4-12(11)20-14(13)15(21)22/h1-8,20H,(H,21,22). The highest BCUT2D eigenvalue weighted by Crippen LogP contribution is 2.35. The highest BCUT2D eigenvalue weighted by atomic mass is 19.4. The third-order valence-electron chi connectivity index (χ3n) is 3.42. The van der Waals surface area contributed by atoms with Gasteiger partial charge in [-0.2, -0.15) is 13.2 Å². The molecule has 0 radical (unpaired) electrons. The molecule has 0 amide bonds. The lowest BCUT2D eigenvalue weighted by Gasteiger charge is -2.08. The highest BCUT2D eigenvalue weighted by molar-refractivity contribution is 6.07. The maximum absolute atomic E-state index is 12.6. The van der Waals surface area contributed by atoms with Crippen molar-refractivity contribution in [3.05, 3.63) is 59.8 Å². The molecule has 0 atom stereocenters. The average Bonchev–Trinajstić information content (AvgIpc) is 2.86. The third kappa shape index (κ3) is 2.32. The molecule has 0 spiro atoms. The Labute approximate surface area is 123 Å². The van der Waals surface area contributed by atoms with Crippen LogP contribution in [0.3, 0.4) is 0 Å². The summed E-state index contributed by atoms with van der Waals surface area (Å²) in [5.74, 6) is -1.16. The van der Waals surface area contributed by atoms with Crippen LogP contribution < -0.4 is 0 Å². The number of halogens is 3. The Morgan fingerprint density at radius 1 is 1.00 bits per heavy atom. The van der Waals surface area contributed by atoms with Crippen LogP contribution in [0.15, 0.2) is 48.5 Å². The van der Waals surface area contributed by atoms with Crippen LogP contribution in [-0.4, -0.2) is 16.1 Å². The van der Waals surface area contributed by atoms with Gasteiger partial charge in [0.25, 0.3) is 0 Å². The molecule has 22 heavy (non-hydrogen) atoms. The summed E-state index contributed by atoms with van der Waals surface area (Å²) in [5, 5.41) is 9.95. The quantitative estimate of drug-likeness (QED) is 0.729. The number of alkyl halides is 3. The average molecular weight is 305 g/mol. The van der Waals surface area contributed by atoms with Crippen LogP contribution in [0.25, 0.3) is 22.0 Å². The Kier molecular flexibility index (Phi) is 3.16. The number of nitrogens with one attached hydrogen (secondary N) is 1. The van der Waals surface area contributed by atoms with Crippen molar-refractivity contribution in [3.63, 3.8) is 0 Å². The summed E-state index contributed by atoms with van der Waals surface area (Å²) >= 11 is 0. The first-order chi connectivity index (χ1) is 10.4. The van der Waals surface area contributed by atoms with Gasteiger partial charge in [-0.05, 0) is 23.8 Å². The van der Waals surface area contributed by atoms with Crippen LogP contribution in [-0.2, 0) is 6.18 Å². The fourth-order valence-electron chi connectivity index (χ4n) is 2.43. The van der Waals surface area contributed by atoms with Gasteiger partial charge >= 0.3 is 12.1 Å². The molecule has 0 unspecified atom stereocenters. The van der Waals surface area contributed by atoms with Crippen LogP contribution in [0.1, 0.15) is 16.1 Å². The summed E-state index contributed by atoms with van der Waals surface area (Å²) in [6.45, 7) is 0. The molecule has 0 aliphatic heterocycles. The molecule has 0 saturated carbocycles. The number of fused-ring (bicyclic) bond motifs is 1. The van der Waals surface area contributed by atoms with E-state index in [2.05, 4.69) is 4.98 Å². The van der Waals surface area contributed by atoms with Gasteiger partial charge in [0.05, 0.1) is 5.56 Å². The summed E-state index contributed by atoms with van der Waals surface area (Å²) in [5.41, 5.74) is 0.614. The van der Waals surface area contributed by atoms with Gasteiger partial charge in [-0.15, -0.1) is 0 Å². The maximum atomic E-state index is 12.6. The van der Waals surface area contributed by atoms with Crippen LogP contribution in [0.4, 0.5) is 13.2 Å². The van der Waals surface area contributed by atoms with E-state index in [1.54, 1.807) is 24.3 Å². The van der Waals surface area contributed by atoms with Gasteiger partial charge in [0, 0.05) is 16.5 Å². The third-order valence-corrected chi connectivity index (χ3v) is 3.42. The van der Waals surface area contributed by atoms with E-state index in [0.717, 1.165) is 12.1 Å². The largest absolute Gasteiger partial charge is 0.477 e. The summed E-state index contributed by atoms with van der Waals surface area (Å²) in [6.07, 6.45) is -4.42. The minimum absolute atomic E-state index is 0.0408.